The van der Waals surface area contributed by atoms with Crippen molar-refractivity contribution in [2.45, 2.75) is 44.2 Å². The van der Waals surface area contributed by atoms with Crippen molar-refractivity contribution in [3.63, 3.8) is 0 Å². The summed E-state index contributed by atoms with van der Waals surface area (Å²) in [5.41, 5.74) is 0.430. The van der Waals surface area contributed by atoms with Crippen molar-refractivity contribution >= 4 is 34.7 Å². The Balaban J connectivity index is 1.43. The quantitative estimate of drug-likeness (QED) is 0.485. The molecule has 1 amide bonds. The Morgan fingerprint density at radius 3 is 2.49 bits per heavy atom. The lowest BCUT2D eigenvalue weighted by molar-refractivity contribution is -0.125. The van der Waals surface area contributed by atoms with Crippen LogP contribution in [-0.4, -0.2) is 51.7 Å². The lowest BCUT2D eigenvalue weighted by Gasteiger charge is -2.28. The van der Waals surface area contributed by atoms with Crippen LogP contribution in [0.4, 0.5) is 30.8 Å². The number of rotatable bonds is 6. The van der Waals surface area contributed by atoms with Crippen LogP contribution in [0.15, 0.2) is 18.3 Å². The van der Waals surface area contributed by atoms with Crippen LogP contribution in [0.25, 0.3) is 11.2 Å². The largest absolute Gasteiger partial charge is 0.379 e. The molecular formula is C23H26F3N7O2. The fourth-order valence-corrected chi connectivity index (χ4v) is 4.78. The molecule has 12 heteroatoms. The van der Waals surface area contributed by atoms with Crippen LogP contribution in [-0.2, 0) is 9.53 Å². The monoisotopic (exact) mass is 489 g/mol. The van der Waals surface area contributed by atoms with E-state index in [0.717, 1.165) is 25.7 Å². The van der Waals surface area contributed by atoms with E-state index in [9.17, 15) is 18.0 Å². The highest BCUT2D eigenvalue weighted by Gasteiger charge is 2.28. The molecule has 5 rings (SSSR count). The van der Waals surface area contributed by atoms with Crippen LogP contribution in [0.5, 0.6) is 0 Å². The van der Waals surface area contributed by atoms with Crippen molar-refractivity contribution in [3.8, 4) is 0 Å². The van der Waals surface area contributed by atoms with Crippen molar-refractivity contribution < 1.29 is 22.7 Å². The first-order valence-corrected chi connectivity index (χ1v) is 11.7. The Morgan fingerprint density at radius 1 is 1.09 bits per heavy atom. The molecule has 9 nitrogen and oxygen atoms in total. The summed E-state index contributed by atoms with van der Waals surface area (Å²) in [5.74, 6) is -2.48. The molecule has 3 N–H and O–H groups in total. The molecule has 186 valence electrons. The lowest BCUT2D eigenvalue weighted by atomic mass is 9.85. The second-order valence-electron chi connectivity index (χ2n) is 8.90. The van der Waals surface area contributed by atoms with Gasteiger partial charge in [-0.3, -0.25) is 9.36 Å². The fraction of sp³-hybridized carbons (Fsp3) is 0.478. The average molecular weight is 490 g/mol. The molecule has 1 atom stereocenters. The topological polar surface area (TPSA) is 106 Å². The summed E-state index contributed by atoms with van der Waals surface area (Å²) in [5, 5.41) is 8.73. The maximum atomic E-state index is 14.3. The Labute approximate surface area is 199 Å². The van der Waals surface area contributed by atoms with Gasteiger partial charge in [0, 0.05) is 37.7 Å². The molecule has 1 aliphatic heterocycles. The summed E-state index contributed by atoms with van der Waals surface area (Å²) in [6.07, 6.45) is 5.40. The van der Waals surface area contributed by atoms with Gasteiger partial charge in [0.05, 0.1) is 18.8 Å². The van der Waals surface area contributed by atoms with E-state index in [4.69, 9.17) is 4.74 Å². The van der Waals surface area contributed by atoms with Gasteiger partial charge in [0.15, 0.2) is 17.3 Å². The van der Waals surface area contributed by atoms with E-state index >= 15 is 0 Å². The third-order valence-corrected chi connectivity index (χ3v) is 6.62. The summed E-state index contributed by atoms with van der Waals surface area (Å²) >= 11 is 0. The molecule has 2 aromatic heterocycles. The van der Waals surface area contributed by atoms with Gasteiger partial charge in [-0.2, -0.15) is 4.98 Å². The summed E-state index contributed by atoms with van der Waals surface area (Å²) in [4.78, 5) is 25.4. The van der Waals surface area contributed by atoms with Crippen LogP contribution in [0, 0.1) is 23.4 Å². The molecule has 1 aromatic carbocycles. The highest BCUT2D eigenvalue weighted by Crippen LogP contribution is 2.32. The van der Waals surface area contributed by atoms with Crippen molar-refractivity contribution in [1.29, 1.82) is 0 Å². The number of nitrogens with zero attached hydrogens (tertiary/aromatic N) is 4. The minimum atomic E-state index is -1.07. The molecule has 3 heterocycles. The molecule has 35 heavy (non-hydrogen) atoms. The lowest BCUT2D eigenvalue weighted by Crippen LogP contribution is -2.34. The number of aromatic nitrogens is 4. The highest BCUT2D eigenvalue weighted by atomic mass is 19.1. The first-order valence-electron chi connectivity index (χ1n) is 11.7. The van der Waals surface area contributed by atoms with Gasteiger partial charge in [0.2, 0.25) is 17.8 Å². The molecule has 0 bridgehead atoms. The van der Waals surface area contributed by atoms with Gasteiger partial charge in [-0.1, -0.05) is 0 Å². The number of hydrogen-bond acceptors (Lipinski definition) is 7. The minimum Gasteiger partial charge on any atom is -0.379 e. The fourth-order valence-electron chi connectivity index (χ4n) is 4.78. The molecule has 0 radical (unpaired) electrons. The molecule has 0 spiro atoms. The summed E-state index contributed by atoms with van der Waals surface area (Å²) < 4.78 is 49.3. The summed E-state index contributed by atoms with van der Waals surface area (Å²) in [6.45, 7) is 0.929. The second kappa shape index (κ2) is 9.68. The Morgan fingerprint density at radius 2 is 1.83 bits per heavy atom. The van der Waals surface area contributed by atoms with Gasteiger partial charge in [-0.25, -0.2) is 23.1 Å². The Bertz CT molecular complexity index is 1210. The third kappa shape index (κ3) is 4.75. The zero-order valence-corrected chi connectivity index (χ0v) is 19.2. The van der Waals surface area contributed by atoms with E-state index in [1.54, 1.807) is 17.8 Å². The number of amides is 1. The number of benzene rings is 1. The number of anilines is 3. The van der Waals surface area contributed by atoms with Gasteiger partial charge >= 0.3 is 0 Å². The van der Waals surface area contributed by atoms with Gasteiger partial charge in [-0.05, 0) is 32.1 Å². The van der Waals surface area contributed by atoms with Crippen LogP contribution in [0.1, 0.15) is 38.1 Å². The van der Waals surface area contributed by atoms with E-state index in [0.29, 0.717) is 48.9 Å². The van der Waals surface area contributed by atoms with Gasteiger partial charge in [0.1, 0.15) is 17.0 Å². The van der Waals surface area contributed by atoms with E-state index in [1.807, 2.05) is 0 Å². The summed E-state index contributed by atoms with van der Waals surface area (Å²) in [7, 11) is 1.65. The Kier molecular flexibility index (Phi) is 6.46. The molecule has 0 unspecified atom stereocenters. The zero-order valence-electron chi connectivity index (χ0n) is 19.2. The number of hydrogen-bond donors (Lipinski definition) is 3. The number of fused-ring (bicyclic) bond motifs is 1. The van der Waals surface area contributed by atoms with E-state index < -0.39 is 23.1 Å². The summed E-state index contributed by atoms with van der Waals surface area (Å²) in [6, 6.07) is 1.19. The first-order chi connectivity index (χ1) is 16.9. The van der Waals surface area contributed by atoms with E-state index in [1.165, 1.54) is 0 Å². The van der Waals surface area contributed by atoms with E-state index in [-0.39, 0.29) is 29.9 Å². The third-order valence-electron chi connectivity index (χ3n) is 6.62. The van der Waals surface area contributed by atoms with Crippen molar-refractivity contribution in [2.75, 3.05) is 30.9 Å². The molecule has 2 aliphatic rings. The second-order valence-corrected chi connectivity index (χ2v) is 8.90. The molecule has 1 saturated heterocycles. The average Bonchev–Trinajstić information content (AvgIpc) is 3.48. The predicted molar refractivity (Wildman–Crippen MR) is 123 cm³/mol. The molecule has 3 aromatic rings. The van der Waals surface area contributed by atoms with Crippen LogP contribution >= 0.6 is 0 Å². The number of carbonyl (C=O) groups is 1. The van der Waals surface area contributed by atoms with Crippen molar-refractivity contribution in [2.24, 2.45) is 5.92 Å². The first kappa shape index (κ1) is 23.3. The number of halogens is 3. The molecule has 2 fully saturated rings. The maximum absolute atomic E-state index is 14.3. The van der Waals surface area contributed by atoms with Crippen molar-refractivity contribution in [3.05, 3.63) is 35.8 Å². The number of carbonyl (C=O) groups excluding carboxylic acids is 1. The van der Waals surface area contributed by atoms with E-state index in [2.05, 4.69) is 30.9 Å². The van der Waals surface area contributed by atoms with Crippen LogP contribution in [0.2, 0.25) is 0 Å². The van der Waals surface area contributed by atoms with Gasteiger partial charge in [-0.15, -0.1) is 0 Å². The predicted octanol–water partition coefficient (Wildman–Crippen LogP) is 3.67. The number of ether oxygens (including phenoxy) is 1. The highest BCUT2D eigenvalue weighted by molar-refractivity contribution is 5.78. The van der Waals surface area contributed by atoms with Gasteiger partial charge in [0.25, 0.3) is 0 Å². The number of imidazole rings is 1. The molecule has 1 saturated carbocycles. The molecule has 1 aliphatic carbocycles. The minimum absolute atomic E-state index is 0.0196. The standard InChI is InChI=1S/C23H26F3N7O2/c1-27-21(34)12-2-4-14(5-3-12)29-22-28-10-18-20(32-22)33(15-6-7-35-11-15)23(30-18)31-19-16(25)8-13(24)9-17(19)26/h8-10,12,14-15H,2-7,11H2,1H3,(H,27,34)(H,30,31)(H,28,29,32)/t12?,14?,15-/m0/s1. The van der Waals surface area contributed by atoms with Crippen molar-refractivity contribution in [1.82, 2.24) is 24.8 Å². The van der Waals surface area contributed by atoms with Crippen LogP contribution < -0.4 is 16.0 Å². The zero-order chi connectivity index (χ0) is 24.5. The molecular weight excluding hydrogens is 463 g/mol. The SMILES string of the molecule is CNC(=O)C1CCC(Nc2ncc3nc(Nc4c(F)cc(F)cc4F)n([C@H]4CCOC4)c3n2)CC1. The maximum Gasteiger partial charge on any atom is 0.224 e. The normalized spacial score (nSPS) is 22.3. The Hall–Kier alpha value is -3.41. The van der Waals surface area contributed by atoms with Crippen LogP contribution in [0.3, 0.4) is 0 Å². The van der Waals surface area contributed by atoms with Gasteiger partial charge < -0.3 is 20.7 Å². The smallest absolute Gasteiger partial charge is 0.224 e. The number of nitrogens with one attached hydrogen (secondary N) is 3.